The lowest BCUT2D eigenvalue weighted by Gasteiger charge is -2.49. The van der Waals surface area contributed by atoms with Crippen LogP contribution in [0.4, 0.5) is 0 Å². The maximum atomic E-state index is 12.7. The van der Waals surface area contributed by atoms with Gasteiger partial charge in [-0.1, -0.05) is 91.0 Å². The average molecular weight is 515 g/mol. The van der Waals surface area contributed by atoms with E-state index >= 15 is 0 Å². The Morgan fingerprint density at radius 2 is 1.08 bits per heavy atom. The summed E-state index contributed by atoms with van der Waals surface area (Å²) in [4.78, 5) is 0. The maximum Gasteiger partial charge on any atom is 0.105 e. The fourth-order valence-corrected chi connectivity index (χ4v) is 6.41. The van der Waals surface area contributed by atoms with E-state index in [2.05, 4.69) is 91.0 Å². The average Bonchev–Trinajstić information content (AvgIpc) is 2.88. The van der Waals surface area contributed by atoms with Gasteiger partial charge in [0.2, 0.25) is 0 Å². The zero-order chi connectivity index (χ0) is 27.1. The van der Waals surface area contributed by atoms with Crippen molar-refractivity contribution in [2.45, 2.75) is 90.2 Å². The molecule has 0 atom stereocenters. The molecule has 3 aromatic carbocycles. The molecule has 1 heterocycles. The van der Waals surface area contributed by atoms with Crippen LogP contribution in [-0.4, -0.2) is 39.9 Å². The largest absolute Gasteiger partial charge is 0.378 e. The van der Waals surface area contributed by atoms with Gasteiger partial charge >= 0.3 is 0 Å². The minimum absolute atomic E-state index is 0.141. The van der Waals surface area contributed by atoms with Crippen LogP contribution in [0.2, 0.25) is 0 Å². The lowest BCUT2D eigenvalue weighted by molar-refractivity contribution is -0.966. The molecule has 0 N–H and O–H groups in total. The van der Waals surface area contributed by atoms with Gasteiger partial charge in [0.15, 0.2) is 0 Å². The molecule has 1 aliphatic heterocycles. The second-order valence-electron chi connectivity index (χ2n) is 12.5. The van der Waals surface area contributed by atoms with Crippen molar-refractivity contribution in [1.29, 1.82) is 0 Å². The molecule has 0 spiro atoms. The number of hydrogen-bond donors (Lipinski definition) is 0. The van der Waals surface area contributed by atoms with Gasteiger partial charge in [0.25, 0.3) is 0 Å². The molecule has 203 valence electrons. The van der Waals surface area contributed by atoms with E-state index in [1.54, 1.807) is 0 Å². The van der Waals surface area contributed by atoms with Gasteiger partial charge < -0.3 is 9.22 Å². The van der Waals surface area contributed by atoms with Crippen molar-refractivity contribution in [3.05, 3.63) is 108 Å². The number of hydrogen-bond acceptors (Lipinski definition) is 2. The molecule has 4 heteroatoms. The van der Waals surface area contributed by atoms with Crippen LogP contribution in [0.3, 0.4) is 0 Å². The van der Waals surface area contributed by atoms with Crippen LogP contribution in [0, 0.1) is 0 Å². The van der Waals surface area contributed by atoms with Gasteiger partial charge in [-0.3, -0.25) is 0 Å². The SMILES string of the molecule is CC1(C)CC(OCCCC[N+](Cc2ccccc2)(Cc2ccccc2)Cc2ccccc2)CC(C)(C)N1[O]. The molecule has 0 amide bonds. The minimum atomic E-state index is -0.389. The van der Waals surface area contributed by atoms with Crippen molar-refractivity contribution in [3.8, 4) is 0 Å². The van der Waals surface area contributed by atoms with E-state index in [0.717, 1.165) is 63.0 Å². The molecule has 0 bridgehead atoms. The Balaban J connectivity index is 1.45. The highest BCUT2D eigenvalue weighted by Crippen LogP contribution is 2.38. The van der Waals surface area contributed by atoms with Crippen molar-refractivity contribution in [2.75, 3.05) is 13.2 Å². The molecule has 4 nitrogen and oxygen atoms in total. The van der Waals surface area contributed by atoms with Crippen LogP contribution in [0.1, 0.15) is 70.1 Å². The molecule has 38 heavy (non-hydrogen) atoms. The number of rotatable bonds is 12. The standard InChI is InChI=1S/C34H46N2O2/c1-33(2)24-32(25-34(3,4)35(33)37)38-23-15-14-22-36(26-29-16-8-5-9-17-29,27-30-18-10-6-11-19-30)28-31-20-12-7-13-21-31/h5-13,16-21,32H,14-15,22-28H2,1-4H3/q+1. The van der Waals surface area contributed by atoms with Crippen molar-refractivity contribution in [3.63, 3.8) is 0 Å². The first-order valence-corrected chi connectivity index (χ1v) is 14.2. The lowest BCUT2D eigenvalue weighted by atomic mass is 9.80. The van der Waals surface area contributed by atoms with E-state index in [4.69, 9.17) is 4.74 Å². The first kappa shape index (κ1) is 28.5. The van der Waals surface area contributed by atoms with Crippen LogP contribution in [0.15, 0.2) is 91.0 Å². The molecular formula is C34H46N2O2+. The zero-order valence-corrected chi connectivity index (χ0v) is 23.8. The molecule has 1 aliphatic rings. The Morgan fingerprint density at radius 1 is 0.684 bits per heavy atom. The fraction of sp³-hybridized carbons (Fsp3) is 0.471. The smallest absolute Gasteiger partial charge is 0.105 e. The highest BCUT2D eigenvalue weighted by atomic mass is 16.5. The van der Waals surface area contributed by atoms with Gasteiger partial charge in [0.1, 0.15) is 19.6 Å². The number of quaternary nitrogens is 1. The van der Waals surface area contributed by atoms with Crippen molar-refractivity contribution in [2.24, 2.45) is 0 Å². The Morgan fingerprint density at radius 3 is 1.47 bits per heavy atom. The van der Waals surface area contributed by atoms with E-state index in [-0.39, 0.29) is 17.2 Å². The van der Waals surface area contributed by atoms with E-state index in [1.807, 2.05) is 27.7 Å². The number of piperidine rings is 1. The molecular weight excluding hydrogens is 468 g/mol. The van der Waals surface area contributed by atoms with Crippen LogP contribution in [-0.2, 0) is 29.6 Å². The third-order valence-electron chi connectivity index (χ3n) is 8.02. The summed E-state index contributed by atoms with van der Waals surface area (Å²) in [6.07, 6.45) is 3.84. The fourth-order valence-electron chi connectivity index (χ4n) is 6.41. The van der Waals surface area contributed by atoms with Crippen LogP contribution in [0.5, 0.6) is 0 Å². The summed E-state index contributed by atoms with van der Waals surface area (Å²) in [6, 6.07) is 32.8. The van der Waals surface area contributed by atoms with Gasteiger partial charge in [-0.15, -0.1) is 10.3 Å². The Hall–Kier alpha value is -2.50. The van der Waals surface area contributed by atoms with E-state index < -0.39 is 0 Å². The predicted molar refractivity (Wildman–Crippen MR) is 154 cm³/mol. The predicted octanol–water partition coefficient (Wildman–Crippen LogP) is 7.57. The second kappa shape index (κ2) is 12.6. The van der Waals surface area contributed by atoms with Crippen LogP contribution in [0.25, 0.3) is 0 Å². The summed E-state index contributed by atoms with van der Waals surface area (Å²) in [5.74, 6) is 0. The van der Waals surface area contributed by atoms with Gasteiger partial charge in [0, 0.05) is 34.4 Å². The topological polar surface area (TPSA) is 32.4 Å². The molecule has 4 rings (SSSR count). The van der Waals surface area contributed by atoms with Crippen LogP contribution >= 0.6 is 0 Å². The third-order valence-corrected chi connectivity index (χ3v) is 8.02. The third kappa shape index (κ3) is 7.77. The van der Waals surface area contributed by atoms with E-state index in [0.29, 0.717) is 0 Å². The Kier molecular flexibility index (Phi) is 9.43. The summed E-state index contributed by atoms with van der Waals surface area (Å²) >= 11 is 0. The van der Waals surface area contributed by atoms with E-state index in [1.165, 1.54) is 21.8 Å². The van der Waals surface area contributed by atoms with Gasteiger partial charge in [-0.05, 0) is 53.4 Å². The van der Waals surface area contributed by atoms with Crippen molar-refractivity contribution >= 4 is 0 Å². The normalized spacial score (nSPS) is 17.9. The summed E-state index contributed by atoms with van der Waals surface area (Å²) in [7, 11) is 0. The number of nitrogens with zero attached hydrogens (tertiary/aromatic N) is 2. The van der Waals surface area contributed by atoms with Gasteiger partial charge in [-0.2, -0.15) is 0 Å². The number of ether oxygens (including phenoxy) is 1. The summed E-state index contributed by atoms with van der Waals surface area (Å²) in [6.45, 7) is 13.0. The van der Waals surface area contributed by atoms with Crippen molar-refractivity contribution in [1.82, 2.24) is 5.06 Å². The van der Waals surface area contributed by atoms with Gasteiger partial charge in [-0.25, -0.2) is 0 Å². The van der Waals surface area contributed by atoms with Gasteiger partial charge in [0.05, 0.1) is 12.6 Å². The first-order chi connectivity index (χ1) is 18.2. The monoisotopic (exact) mass is 514 g/mol. The second-order valence-corrected chi connectivity index (χ2v) is 12.5. The molecule has 0 aliphatic carbocycles. The summed E-state index contributed by atoms with van der Waals surface area (Å²) < 4.78 is 7.38. The molecule has 0 saturated carbocycles. The molecule has 0 aromatic heterocycles. The summed E-state index contributed by atoms with van der Waals surface area (Å²) in [5, 5.41) is 14.0. The van der Waals surface area contributed by atoms with Crippen molar-refractivity contribution < 1.29 is 14.4 Å². The Bertz CT molecular complexity index is 980. The lowest BCUT2D eigenvalue weighted by Crippen LogP contribution is -2.59. The summed E-state index contributed by atoms with van der Waals surface area (Å²) in [5.41, 5.74) is 3.36. The minimum Gasteiger partial charge on any atom is -0.378 e. The zero-order valence-electron chi connectivity index (χ0n) is 23.8. The highest BCUT2D eigenvalue weighted by Gasteiger charge is 2.46. The highest BCUT2D eigenvalue weighted by molar-refractivity contribution is 5.17. The van der Waals surface area contributed by atoms with E-state index in [9.17, 15) is 5.21 Å². The van der Waals surface area contributed by atoms with Crippen LogP contribution < -0.4 is 0 Å². The molecule has 1 fully saturated rings. The number of benzene rings is 3. The molecule has 0 unspecified atom stereocenters. The quantitative estimate of drug-likeness (QED) is 0.184. The first-order valence-electron chi connectivity index (χ1n) is 14.2. The number of unbranched alkanes of at least 4 members (excludes halogenated alkanes) is 1. The molecule has 1 radical (unpaired) electrons. The number of hydroxylamine groups is 2. The molecule has 3 aromatic rings. The molecule has 1 saturated heterocycles. The maximum absolute atomic E-state index is 12.7. The Labute approximate surface area is 230 Å².